The minimum Gasteiger partial charge on any atom is -0.334 e. The molecule has 0 saturated heterocycles. The van der Waals surface area contributed by atoms with E-state index in [1.807, 2.05) is 30.3 Å². The first kappa shape index (κ1) is 20.9. The maximum Gasteiger partial charge on any atom is 0.319 e. The summed E-state index contributed by atoms with van der Waals surface area (Å²) in [4.78, 5) is 29.5. The first-order chi connectivity index (χ1) is 15.0. The third-order valence-corrected chi connectivity index (χ3v) is 5.45. The summed E-state index contributed by atoms with van der Waals surface area (Å²) >= 11 is 12.0. The maximum atomic E-state index is 13.0. The summed E-state index contributed by atoms with van der Waals surface area (Å²) in [5.74, 6) is 0. The Bertz CT molecular complexity index is 1310. The van der Waals surface area contributed by atoms with Gasteiger partial charge in [-0.3, -0.25) is 9.36 Å². The highest BCUT2D eigenvalue weighted by molar-refractivity contribution is 6.42. The fourth-order valence-corrected chi connectivity index (χ4v) is 3.46. The SMILES string of the molecule is O=C(NCc1ccccc1)Nc1ccc2ncn(Cc3ccc(Cl)c(Cl)c3)c(=O)c2c1. The van der Waals surface area contributed by atoms with Crippen LogP contribution in [0.4, 0.5) is 10.5 Å². The predicted octanol–water partition coefficient (Wildman–Crippen LogP) is 5.07. The number of urea groups is 1. The predicted molar refractivity (Wildman–Crippen MR) is 124 cm³/mol. The molecule has 156 valence electrons. The zero-order chi connectivity index (χ0) is 21.8. The number of carbonyl (C=O) groups excluding carboxylic acids is 1. The Labute approximate surface area is 188 Å². The number of nitrogens with zero attached hydrogens (tertiary/aromatic N) is 2. The second-order valence-corrected chi connectivity index (χ2v) is 7.77. The van der Waals surface area contributed by atoms with Gasteiger partial charge >= 0.3 is 6.03 Å². The van der Waals surface area contributed by atoms with Crippen LogP contribution in [0.3, 0.4) is 0 Å². The number of nitrogens with one attached hydrogen (secondary N) is 2. The van der Waals surface area contributed by atoms with Crippen LogP contribution in [0.1, 0.15) is 11.1 Å². The fraction of sp³-hybridized carbons (Fsp3) is 0.0870. The van der Waals surface area contributed by atoms with Crippen molar-refractivity contribution in [3.05, 3.63) is 105 Å². The van der Waals surface area contributed by atoms with Crippen molar-refractivity contribution in [3.8, 4) is 0 Å². The van der Waals surface area contributed by atoms with Gasteiger partial charge in [0.25, 0.3) is 5.56 Å². The zero-order valence-corrected chi connectivity index (χ0v) is 17.8. The lowest BCUT2D eigenvalue weighted by Crippen LogP contribution is -2.28. The van der Waals surface area contributed by atoms with Gasteiger partial charge in [-0.1, -0.05) is 59.6 Å². The van der Waals surface area contributed by atoms with Crippen LogP contribution in [0, 0.1) is 0 Å². The van der Waals surface area contributed by atoms with Crippen LogP contribution in [-0.2, 0) is 13.1 Å². The van der Waals surface area contributed by atoms with Crippen molar-refractivity contribution in [1.82, 2.24) is 14.9 Å². The van der Waals surface area contributed by atoms with Crippen LogP contribution < -0.4 is 16.2 Å². The molecule has 1 heterocycles. The van der Waals surface area contributed by atoms with Crippen molar-refractivity contribution in [2.24, 2.45) is 0 Å². The van der Waals surface area contributed by atoms with E-state index >= 15 is 0 Å². The van der Waals surface area contributed by atoms with E-state index in [1.54, 1.807) is 36.4 Å². The molecule has 2 N–H and O–H groups in total. The van der Waals surface area contributed by atoms with Crippen molar-refractivity contribution >= 4 is 45.8 Å². The number of hydrogen-bond acceptors (Lipinski definition) is 3. The lowest BCUT2D eigenvalue weighted by Gasteiger charge is -2.10. The zero-order valence-electron chi connectivity index (χ0n) is 16.3. The number of aromatic nitrogens is 2. The van der Waals surface area contributed by atoms with Gasteiger partial charge in [0.05, 0.1) is 33.8 Å². The lowest BCUT2D eigenvalue weighted by atomic mass is 10.2. The van der Waals surface area contributed by atoms with Gasteiger partial charge in [0.1, 0.15) is 0 Å². The van der Waals surface area contributed by atoms with Gasteiger partial charge in [-0.2, -0.15) is 0 Å². The van der Waals surface area contributed by atoms with Gasteiger partial charge in [-0.15, -0.1) is 0 Å². The van der Waals surface area contributed by atoms with E-state index in [0.717, 1.165) is 11.1 Å². The van der Waals surface area contributed by atoms with Crippen molar-refractivity contribution in [3.63, 3.8) is 0 Å². The number of fused-ring (bicyclic) bond motifs is 1. The van der Waals surface area contributed by atoms with E-state index in [0.29, 0.717) is 39.7 Å². The molecule has 0 saturated carbocycles. The quantitative estimate of drug-likeness (QED) is 0.443. The Morgan fingerprint density at radius 3 is 2.52 bits per heavy atom. The van der Waals surface area contributed by atoms with Gasteiger partial charge in [-0.25, -0.2) is 9.78 Å². The Hall–Kier alpha value is -3.35. The molecule has 6 nitrogen and oxygen atoms in total. The number of hydrogen-bond donors (Lipinski definition) is 2. The number of halogens is 2. The number of benzene rings is 3. The lowest BCUT2D eigenvalue weighted by molar-refractivity contribution is 0.251. The van der Waals surface area contributed by atoms with Crippen LogP contribution in [0.2, 0.25) is 10.0 Å². The molecule has 0 aliphatic rings. The summed E-state index contributed by atoms with van der Waals surface area (Å²) in [6.07, 6.45) is 1.49. The van der Waals surface area contributed by atoms with Gasteiger partial charge in [0.2, 0.25) is 0 Å². The number of carbonyl (C=O) groups is 1. The van der Waals surface area contributed by atoms with Gasteiger partial charge in [-0.05, 0) is 41.5 Å². The Morgan fingerprint density at radius 2 is 1.74 bits per heavy atom. The average molecular weight is 453 g/mol. The summed E-state index contributed by atoms with van der Waals surface area (Å²) in [7, 11) is 0. The molecule has 0 fully saturated rings. The molecule has 0 aliphatic carbocycles. The Morgan fingerprint density at radius 1 is 0.935 bits per heavy atom. The molecule has 31 heavy (non-hydrogen) atoms. The average Bonchev–Trinajstić information content (AvgIpc) is 2.78. The molecular formula is C23H18Cl2N4O2. The third-order valence-electron chi connectivity index (χ3n) is 4.71. The third kappa shape index (κ3) is 5.05. The first-order valence-electron chi connectivity index (χ1n) is 9.51. The van der Waals surface area contributed by atoms with Crippen LogP contribution in [0.25, 0.3) is 10.9 Å². The number of amides is 2. The topological polar surface area (TPSA) is 76.0 Å². The fourth-order valence-electron chi connectivity index (χ4n) is 3.14. The minimum absolute atomic E-state index is 0.218. The van der Waals surface area contributed by atoms with Crippen molar-refractivity contribution in [2.75, 3.05) is 5.32 Å². The minimum atomic E-state index is -0.358. The largest absolute Gasteiger partial charge is 0.334 e. The molecule has 1 aromatic heterocycles. The Kier molecular flexibility index (Phi) is 6.21. The summed E-state index contributed by atoms with van der Waals surface area (Å²) in [5, 5.41) is 6.83. The highest BCUT2D eigenvalue weighted by Gasteiger charge is 2.09. The monoisotopic (exact) mass is 452 g/mol. The van der Waals surface area contributed by atoms with Crippen LogP contribution in [0.5, 0.6) is 0 Å². The standard InChI is InChI=1S/C23H18Cl2N4O2/c24-19-8-6-16(10-20(19)25)13-29-14-27-21-9-7-17(11-18(21)22(29)30)28-23(31)26-12-15-4-2-1-3-5-15/h1-11,14H,12-13H2,(H2,26,28,31). The molecule has 4 aromatic rings. The summed E-state index contributed by atoms with van der Waals surface area (Å²) in [5.41, 5.74) is 2.65. The molecule has 0 atom stereocenters. The molecule has 0 aliphatic heterocycles. The molecule has 0 spiro atoms. The van der Waals surface area contributed by atoms with E-state index in [9.17, 15) is 9.59 Å². The molecule has 0 unspecified atom stereocenters. The van der Waals surface area contributed by atoms with Gasteiger partial charge < -0.3 is 10.6 Å². The van der Waals surface area contributed by atoms with Crippen molar-refractivity contribution < 1.29 is 4.79 Å². The molecular weight excluding hydrogens is 435 g/mol. The van der Waals surface area contributed by atoms with Gasteiger partial charge in [0, 0.05) is 12.2 Å². The van der Waals surface area contributed by atoms with Crippen LogP contribution in [0.15, 0.2) is 77.9 Å². The van der Waals surface area contributed by atoms with Crippen molar-refractivity contribution in [1.29, 1.82) is 0 Å². The van der Waals surface area contributed by atoms with E-state index in [1.165, 1.54) is 10.9 Å². The maximum absolute atomic E-state index is 13.0. The van der Waals surface area contributed by atoms with Crippen LogP contribution in [-0.4, -0.2) is 15.6 Å². The van der Waals surface area contributed by atoms with Gasteiger partial charge in [0.15, 0.2) is 0 Å². The first-order valence-corrected chi connectivity index (χ1v) is 10.3. The number of anilines is 1. The highest BCUT2D eigenvalue weighted by Crippen LogP contribution is 2.23. The van der Waals surface area contributed by atoms with E-state index in [2.05, 4.69) is 15.6 Å². The summed E-state index contributed by atoms with van der Waals surface area (Å²) < 4.78 is 1.49. The normalized spacial score (nSPS) is 10.8. The molecule has 0 bridgehead atoms. The molecule has 3 aromatic carbocycles. The molecule has 2 amide bonds. The summed E-state index contributed by atoms with van der Waals surface area (Å²) in [6.45, 7) is 0.701. The molecule has 4 rings (SSSR count). The molecule has 0 radical (unpaired) electrons. The molecule has 8 heteroatoms. The Balaban J connectivity index is 1.52. The van der Waals surface area contributed by atoms with E-state index in [4.69, 9.17) is 23.2 Å². The summed E-state index contributed by atoms with van der Waals surface area (Å²) in [6, 6.07) is 19.5. The smallest absolute Gasteiger partial charge is 0.319 e. The van der Waals surface area contributed by atoms with E-state index in [-0.39, 0.29) is 11.6 Å². The highest BCUT2D eigenvalue weighted by atomic mass is 35.5. The second kappa shape index (κ2) is 9.20. The number of rotatable bonds is 5. The second-order valence-electron chi connectivity index (χ2n) is 6.95. The van der Waals surface area contributed by atoms with E-state index < -0.39 is 0 Å². The van der Waals surface area contributed by atoms with Crippen LogP contribution >= 0.6 is 23.2 Å². The van der Waals surface area contributed by atoms with Crippen molar-refractivity contribution in [2.45, 2.75) is 13.1 Å².